The SMILES string of the molecule is CC(C(=O)C(C)c1sccc1O)c1sccc1O. The second-order valence-corrected chi connectivity index (χ2v) is 6.08. The molecule has 0 fully saturated rings. The highest BCUT2D eigenvalue weighted by Gasteiger charge is 2.27. The largest absolute Gasteiger partial charge is 0.507 e. The molecule has 0 aliphatic rings. The average Bonchev–Trinajstić information content (AvgIpc) is 2.95. The van der Waals surface area contributed by atoms with E-state index >= 15 is 0 Å². The Hall–Kier alpha value is -1.33. The fourth-order valence-corrected chi connectivity index (χ4v) is 3.61. The zero-order valence-electron chi connectivity index (χ0n) is 10.1. The lowest BCUT2D eigenvalue weighted by atomic mass is 9.92. The van der Waals surface area contributed by atoms with Crippen LogP contribution in [-0.4, -0.2) is 16.0 Å². The molecular formula is C13H14O3S2. The second kappa shape index (κ2) is 5.12. The van der Waals surface area contributed by atoms with Gasteiger partial charge >= 0.3 is 0 Å². The lowest BCUT2D eigenvalue weighted by Crippen LogP contribution is -2.15. The molecule has 0 bridgehead atoms. The highest BCUT2D eigenvalue weighted by Crippen LogP contribution is 2.38. The van der Waals surface area contributed by atoms with Gasteiger partial charge in [-0.25, -0.2) is 0 Å². The first kappa shape index (κ1) is 13.1. The van der Waals surface area contributed by atoms with Crippen molar-refractivity contribution in [2.24, 2.45) is 0 Å². The van der Waals surface area contributed by atoms with Crippen LogP contribution in [0.25, 0.3) is 0 Å². The van der Waals surface area contributed by atoms with Crippen LogP contribution in [0.5, 0.6) is 11.5 Å². The summed E-state index contributed by atoms with van der Waals surface area (Å²) >= 11 is 2.75. The van der Waals surface area contributed by atoms with Crippen LogP contribution in [0.1, 0.15) is 35.4 Å². The van der Waals surface area contributed by atoms with Crippen LogP contribution in [0.4, 0.5) is 0 Å². The first-order valence-corrected chi connectivity index (χ1v) is 7.34. The van der Waals surface area contributed by atoms with Crippen LogP contribution in [-0.2, 0) is 4.79 Å². The molecule has 2 atom stereocenters. The smallest absolute Gasteiger partial charge is 0.149 e. The molecule has 3 nitrogen and oxygen atoms in total. The van der Waals surface area contributed by atoms with Crippen molar-refractivity contribution in [1.82, 2.24) is 0 Å². The summed E-state index contributed by atoms with van der Waals surface area (Å²) in [7, 11) is 0. The molecule has 2 rings (SSSR count). The van der Waals surface area contributed by atoms with Crippen LogP contribution in [0.15, 0.2) is 22.9 Å². The Kier molecular flexibility index (Phi) is 3.73. The number of ketones is 1. The summed E-state index contributed by atoms with van der Waals surface area (Å²) in [6.45, 7) is 3.57. The number of rotatable bonds is 4. The van der Waals surface area contributed by atoms with Crippen molar-refractivity contribution in [2.75, 3.05) is 0 Å². The van der Waals surface area contributed by atoms with Gasteiger partial charge in [0.05, 0.1) is 21.6 Å². The Morgan fingerprint density at radius 1 is 1.00 bits per heavy atom. The van der Waals surface area contributed by atoms with E-state index in [0.29, 0.717) is 9.75 Å². The van der Waals surface area contributed by atoms with E-state index in [1.165, 1.54) is 22.7 Å². The van der Waals surface area contributed by atoms with Crippen molar-refractivity contribution in [3.05, 3.63) is 32.6 Å². The first-order chi connectivity index (χ1) is 8.52. The zero-order chi connectivity index (χ0) is 13.3. The Labute approximate surface area is 113 Å². The third-order valence-electron chi connectivity index (χ3n) is 2.99. The van der Waals surface area contributed by atoms with Crippen molar-refractivity contribution in [3.63, 3.8) is 0 Å². The van der Waals surface area contributed by atoms with Crippen LogP contribution in [0.3, 0.4) is 0 Å². The monoisotopic (exact) mass is 282 g/mol. The number of hydrogen-bond acceptors (Lipinski definition) is 5. The van der Waals surface area contributed by atoms with Crippen LogP contribution < -0.4 is 0 Å². The fraction of sp³-hybridized carbons (Fsp3) is 0.308. The van der Waals surface area contributed by atoms with E-state index in [4.69, 9.17) is 0 Å². The molecule has 96 valence electrons. The average molecular weight is 282 g/mol. The minimum Gasteiger partial charge on any atom is -0.507 e. The Bertz CT molecular complexity index is 508. The van der Waals surface area contributed by atoms with E-state index in [0.717, 1.165) is 0 Å². The Morgan fingerprint density at radius 3 is 1.67 bits per heavy atom. The fourth-order valence-electron chi connectivity index (χ4n) is 1.91. The molecule has 5 heteroatoms. The van der Waals surface area contributed by atoms with Gasteiger partial charge < -0.3 is 10.2 Å². The summed E-state index contributed by atoms with van der Waals surface area (Å²) in [6, 6.07) is 3.19. The van der Waals surface area contributed by atoms with Crippen molar-refractivity contribution >= 4 is 28.5 Å². The van der Waals surface area contributed by atoms with Gasteiger partial charge in [-0.15, -0.1) is 22.7 Å². The molecule has 0 aliphatic carbocycles. The zero-order valence-corrected chi connectivity index (χ0v) is 11.7. The van der Waals surface area contributed by atoms with Gasteiger partial charge in [-0.3, -0.25) is 4.79 Å². The molecule has 2 N–H and O–H groups in total. The van der Waals surface area contributed by atoms with Gasteiger partial charge in [-0.2, -0.15) is 0 Å². The Balaban J connectivity index is 2.22. The molecule has 18 heavy (non-hydrogen) atoms. The number of hydrogen-bond donors (Lipinski definition) is 2. The Morgan fingerprint density at radius 2 is 1.39 bits per heavy atom. The molecule has 2 unspecified atom stereocenters. The van der Waals surface area contributed by atoms with Crippen molar-refractivity contribution in [2.45, 2.75) is 25.7 Å². The van der Waals surface area contributed by atoms with Gasteiger partial charge in [0.1, 0.15) is 17.3 Å². The van der Waals surface area contributed by atoms with E-state index in [9.17, 15) is 15.0 Å². The van der Waals surface area contributed by atoms with Crippen LogP contribution >= 0.6 is 22.7 Å². The van der Waals surface area contributed by atoms with E-state index in [-0.39, 0.29) is 29.1 Å². The second-order valence-electron chi connectivity index (χ2n) is 4.19. The predicted molar refractivity (Wildman–Crippen MR) is 73.8 cm³/mol. The normalized spacial score (nSPS) is 14.3. The molecule has 0 aromatic carbocycles. The third kappa shape index (κ3) is 2.28. The standard InChI is InChI=1S/C13H14O3S2/c1-7(12-9(14)3-5-17-12)11(16)8(2)13-10(15)4-6-18-13/h3-8,14-15H,1-2H3. The molecule has 2 aromatic rings. The van der Waals surface area contributed by atoms with Gasteiger partial charge in [0.2, 0.25) is 0 Å². The number of thiophene rings is 2. The quantitative estimate of drug-likeness (QED) is 0.899. The van der Waals surface area contributed by atoms with Gasteiger partial charge in [0, 0.05) is 0 Å². The molecule has 2 heterocycles. The van der Waals surface area contributed by atoms with Crippen LogP contribution in [0.2, 0.25) is 0 Å². The summed E-state index contributed by atoms with van der Waals surface area (Å²) in [5.74, 6) is -0.375. The number of carbonyl (C=O) groups excluding carboxylic acids is 1. The number of Topliss-reactive ketones (excluding diaryl/α,β-unsaturated/α-hetero) is 1. The molecule has 0 spiro atoms. The highest BCUT2D eigenvalue weighted by atomic mass is 32.1. The summed E-state index contributed by atoms with van der Waals surface area (Å²) < 4.78 is 0. The van der Waals surface area contributed by atoms with Gasteiger partial charge in [-0.05, 0) is 22.9 Å². The predicted octanol–water partition coefficient (Wildman–Crippen LogP) is 3.70. The lowest BCUT2D eigenvalue weighted by molar-refractivity contribution is -0.121. The molecule has 0 saturated carbocycles. The molecule has 0 saturated heterocycles. The molecule has 2 aromatic heterocycles. The van der Waals surface area contributed by atoms with E-state index in [2.05, 4.69) is 0 Å². The van der Waals surface area contributed by atoms with E-state index < -0.39 is 0 Å². The lowest BCUT2D eigenvalue weighted by Gasteiger charge is -2.14. The molecule has 0 aliphatic heterocycles. The van der Waals surface area contributed by atoms with E-state index in [1.807, 2.05) is 0 Å². The van der Waals surface area contributed by atoms with Crippen molar-refractivity contribution in [3.8, 4) is 11.5 Å². The van der Waals surface area contributed by atoms with Gasteiger partial charge in [0.15, 0.2) is 0 Å². The maximum Gasteiger partial charge on any atom is 0.149 e. The van der Waals surface area contributed by atoms with Gasteiger partial charge in [0.25, 0.3) is 0 Å². The topological polar surface area (TPSA) is 57.5 Å². The molecule has 0 amide bonds. The maximum atomic E-state index is 12.3. The summed E-state index contributed by atoms with van der Waals surface area (Å²) in [6.07, 6.45) is 0. The van der Waals surface area contributed by atoms with Crippen molar-refractivity contribution < 1.29 is 15.0 Å². The molecule has 0 radical (unpaired) electrons. The van der Waals surface area contributed by atoms with Crippen LogP contribution in [0, 0.1) is 0 Å². The minimum absolute atomic E-state index is 0.00509. The minimum atomic E-state index is -0.360. The first-order valence-electron chi connectivity index (χ1n) is 5.58. The molecular weight excluding hydrogens is 268 g/mol. The van der Waals surface area contributed by atoms with Gasteiger partial charge in [-0.1, -0.05) is 13.8 Å². The maximum absolute atomic E-state index is 12.3. The highest BCUT2D eigenvalue weighted by molar-refractivity contribution is 7.11. The summed E-state index contributed by atoms with van der Waals surface area (Å²) in [5, 5.41) is 22.8. The number of carbonyl (C=O) groups is 1. The van der Waals surface area contributed by atoms with Crippen molar-refractivity contribution in [1.29, 1.82) is 0 Å². The van der Waals surface area contributed by atoms with E-state index in [1.54, 1.807) is 36.7 Å². The third-order valence-corrected chi connectivity index (χ3v) is 5.16. The summed E-state index contributed by atoms with van der Waals surface area (Å²) in [4.78, 5) is 13.7. The summed E-state index contributed by atoms with van der Waals surface area (Å²) in [5.41, 5.74) is 0. The number of aromatic hydroxyl groups is 2.